The number of pyridine rings is 1. The third kappa shape index (κ3) is 4.45. The molecule has 0 radical (unpaired) electrons. The van der Waals surface area contributed by atoms with Crippen molar-refractivity contribution in [2.45, 2.75) is 12.8 Å². The lowest BCUT2D eigenvalue weighted by Gasteiger charge is -2.35. The first-order valence-corrected chi connectivity index (χ1v) is 11.8. The number of hydrogen-bond donors (Lipinski definition) is 0. The van der Waals surface area contributed by atoms with Crippen LogP contribution in [0.2, 0.25) is 0 Å². The van der Waals surface area contributed by atoms with Gasteiger partial charge in [-0.05, 0) is 43.7 Å². The van der Waals surface area contributed by atoms with Gasteiger partial charge in [-0.2, -0.15) is 0 Å². The Kier molecular flexibility index (Phi) is 6.28. The Balaban J connectivity index is 1.25. The van der Waals surface area contributed by atoms with Crippen LogP contribution in [0.4, 0.5) is 17.2 Å². The summed E-state index contributed by atoms with van der Waals surface area (Å²) in [5.41, 5.74) is 3.49. The predicted molar refractivity (Wildman–Crippen MR) is 128 cm³/mol. The summed E-state index contributed by atoms with van der Waals surface area (Å²) in [5, 5.41) is 0. The fourth-order valence-electron chi connectivity index (χ4n) is 5.01. The Morgan fingerprint density at radius 3 is 2.47 bits per heavy atom. The van der Waals surface area contributed by atoms with E-state index < -0.39 is 0 Å². The lowest BCUT2D eigenvalue weighted by atomic mass is 9.96. The van der Waals surface area contributed by atoms with Gasteiger partial charge in [-0.25, -0.2) is 4.98 Å². The lowest BCUT2D eigenvalue weighted by Crippen LogP contribution is -2.44. The van der Waals surface area contributed by atoms with E-state index in [2.05, 4.69) is 51.0 Å². The van der Waals surface area contributed by atoms with E-state index in [0.717, 1.165) is 83.4 Å². The summed E-state index contributed by atoms with van der Waals surface area (Å²) in [5.74, 6) is 1.21. The van der Waals surface area contributed by atoms with Gasteiger partial charge in [-0.1, -0.05) is 18.2 Å². The standard InChI is InChI=1S/C25H33N5O2/c1-27-10-12-28(13-11-27)23-5-3-2-4-20(23)18-21-8-9-30(25(21)31)22-6-7-24(26-19-22)29-14-16-32-17-15-29/h2-7,19,21H,8-18H2,1H3. The topological polar surface area (TPSA) is 52.1 Å². The molecule has 0 bridgehead atoms. The normalized spacial score (nSPS) is 22.6. The number of morpholine rings is 1. The number of para-hydroxylation sites is 1. The summed E-state index contributed by atoms with van der Waals surface area (Å²) in [6, 6.07) is 12.7. The molecule has 1 aromatic carbocycles. The molecule has 4 heterocycles. The van der Waals surface area contributed by atoms with Crippen LogP contribution in [-0.4, -0.2) is 81.9 Å². The average molecular weight is 436 g/mol. The van der Waals surface area contributed by atoms with E-state index in [4.69, 9.17) is 4.74 Å². The maximum absolute atomic E-state index is 13.3. The molecule has 2 aromatic rings. The number of likely N-dealkylation sites (N-methyl/N-ethyl adjacent to an activating group) is 1. The highest BCUT2D eigenvalue weighted by Crippen LogP contribution is 2.31. The molecule has 1 unspecified atom stereocenters. The molecule has 0 spiro atoms. The third-order valence-electron chi connectivity index (χ3n) is 7.00. The minimum atomic E-state index is 0.0301. The Bertz CT molecular complexity index is 920. The number of carbonyl (C=O) groups excluding carboxylic acids is 1. The third-order valence-corrected chi connectivity index (χ3v) is 7.00. The lowest BCUT2D eigenvalue weighted by molar-refractivity contribution is -0.120. The highest BCUT2D eigenvalue weighted by atomic mass is 16.5. The minimum absolute atomic E-state index is 0.0301. The molecule has 3 aliphatic rings. The second-order valence-corrected chi connectivity index (χ2v) is 9.07. The molecule has 3 saturated heterocycles. The van der Waals surface area contributed by atoms with Crippen LogP contribution in [0.3, 0.4) is 0 Å². The van der Waals surface area contributed by atoms with Crippen molar-refractivity contribution >= 4 is 23.1 Å². The fraction of sp³-hybridized carbons (Fsp3) is 0.520. The Morgan fingerprint density at radius 1 is 0.938 bits per heavy atom. The molecule has 0 saturated carbocycles. The van der Waals surface area contributed by atoms with Gasteiger partial charge in [0.15, 0.2) is 0 Å². The first kappa shape index (κ1) is 21.2. The molecule has 1 amide bonds. The monoisotopic (exact) mass is 435 g/mol. The summed E-state index contributed by atoms with van der Waals surface area (Å²) in [6.07, 6.45) is 3.54. The van der Waals surface area contributed by atoms with Gasteiger partial charge in [0.1, 0.15) is 5.82 Å². The molecule has 7 heteroatoms. The number of ether oxygens (including phenoxy) is 1. The maximum Gasteiger partial charge on any atom is 0.230 e. The van der Waals surface area contributed by atoms with Gasteiger partial charge < -0.3 is 24.3 Å². The highest BCUT2D eigenvalue weighted by molar-refractivity contribution is 5.97. The van der Waals surface area contributed by atoms with Gasteiger partial charge in [-0.3, -0.25) is 4.79 Å². The first-order chi connectivity index (χ1) is 15.7. The van der Waals surface area contributed by atoms with E-state index in [-0.39, 0.29) is 11.8 Å². The van der Waals surface area contributed by atoms with Gasteiger partial charge in [-0.15, -0.1) is 0 Å². The van der Waals surface area contributed by atoms with Crippen LogP contribution in [0, 0.1) is 5.92 Å². The number of anilines is 3. The van der Waals surface area contributed by atoms with E-state index in [1.54, 1.807) is 0 Å². The molecule has 3 fully saturated rings. The summed E-state index contributed by atoms with van der Waals surface area (Å²) >= 11 is 0. The molecule has 1 aromatic heterocycles. The van der Waals surface area contributed by atoms with Crippen molar-refractivity contribution in [2.75, 3.05) is 80.8 Å². The number of benzene rings is 1. The Morgan fingerprint density at radius 2 is 1.72 bits per heavy atom. The van der Waals surface area contributed by atoms with Gasteiger partial charge in [0.05, 0.1) is 25.1 Å². The molecular formula is C25H33N5O2. The van der Waals surface area contributed by atoms with Crippen molar-refractivity contribution in [2.24, 2.45) is 5.92 Å². The molecule has 170 valence electrons. The molecule has 32 heavy (non-hydrogen) atoms. The summed E-state index contributed by atoms with van der Waals surface area (Å²) in [7, 11) is 2.18. The zero-order valence-corrected chi connectivity index (χ0v) is 18.9. The minimum Gasteiger partial charge on any atom is -0.378 e. The van der Waals surface area contributed by atoms with Crippen LogP contribution in [0.1, 0.15) is 12.0 Å². The maximum atomic E-state index is 13.3. The van der Waals surface area contributed by atoms with Crippen molar-refractivity contribution in [3.8, 4) is 0 Å². The van der Waals surface area contributed by atoms with Gasteiger partial charge in [0, 0.05) is 57.4 Å². The largest absolute Gasteiger partial charge is 0.378 e. The van der Waals surface area contributed by atoms with Crippen molar-refractivity contribution < 1.29 is 9.53 Å². The van der Waals surface area contributed by atoms with Crippen LogP contribution < -0.4 is 14.7 Å². The fourth-order valence-corrected chi connectivity index (χ4v) is 5.01. The van der Waals surface area contributed by atoms with Crippen LogP contribution >= 0.6 is 0 Å². The Labute approximate surface area is 190 Å². The average Bonchev–Trinajstić information content (AvgIpc) is 3.20. The SMILES string of the molecule is CN1CCN(c2ccccc2CC2CCN(c3ccc(N4CCOCC4)nc3)C2=O)CC1. The molecule has 0 N–H and O–H groups in total. The van der Waals surface area contributed by atoms with Crippen LogP contribution in [0.5, 0.6) is 0 Å². The van der Waals surface area contributed by atoms with E-state index in [1.807, 2.05) is 23.2 Å². The second-order valence-electron chi connectivity index (χ2n) is 9.07. The zero-order chi connectivity index (χ0) is 21.9. The predicted octanol–water partition coefficient (Wildman–Crippen LogP) is 2.27. The number of nitrogens with zero attached hydrogens (tertiary/aromatic N) is 5. The number of carbonyl (C=O) groups is 1. The second kappa shape index (κ2) is 9.46. The first-order valence-electron chi connectivity index (χ1n) is 11.8. The molecule has 5 rings (SSSR count). The summed E-state index contributed by atoms with van der Waals surface area (Å²) in [4.78, 5) is 26.9. The highest BCUT2D eigenvalue weighted by Gasteiger charge is 2.33. The van der Waals surface area contributed by atoms with E-state index in [1.165, 1.54) is 11.3 Å². The van der Waals surface area contributed by atoms with Crippen molar-refractivity contribution in [1.82, 2.24) is 9.88 Å². The number of piperazine rings is 1. The summed E-state index contributed by atoms with van der Waals surface area (Å²) in [6.45, 7) is 8.22. The molecule has 1 atom stereocenters. The van der Waals surface area contributed by atoms with Crippen molar-refractivity contribution in [1.29, 1.82) is 0 Å². The quantitative estimate of drug-likeness (QED) is 0.718. The van der Waals surface area contributed by atoms with Crippen LogP contribution in [0.15, 0.2) is 42.6 Å². The number of hydrogen-bond acceptors (Lipinski definition) is 6. The van der Waals surface area contributed by atoms with Crippen molar-refractivity contribution in [3.05, 3.63) is 48.2 Å². The van der Waals surface area contributed by atoms with E-state index in [0.29, 0.717) is 0 Å². The number of aromatic nitrogens is 1. The van der Waals surface area contributed by atoms with E-state index in [9.17, 15) is 4.79 Å². The molecule has 0 aliphatic carbocycles. The number of amides is 1. The molecule has 7 nitrogen and oxygen atoms in total. The van der Waals surface area contributed by atoms with Crippen molar-refractivity contribution in [3.63, 3.8) is 0 Å². The van der Waals surface area contributed by atoms with Gasteiger partial charge >= 0.3 is 0 Å². The van der Waals surface area contributed by atoms with Crippen LogP contribution in [-0.2, 0) is 16.0 Å². The Hall–Kier alpha value is -2.64. The zero-order valence-electron chi connectivity index (χ0n) is 18.9. The molecular weight excluding hydrogens is 402 g/mol. The van der Waals surface area contributed by atoms with Crippen LogP contribution in [0.25, 0.3) is 0 Å². The van der Waals surface area contributed by atoms with Gasteiger partial charge in [0.2, 0.25) is 5.91 Å². The summed E-state index contributed by atoms with van der Waals surface area (Å²) < 4.78 is 5.43. The smallest absolute Gasteiger partial charge is 0.230 e. The van der Waals surface area contributed by atoms with E-state index >= 15 is 0 Å². The number of rotatable bonds is 5. The van der Waals surface area contributed by atoms with Gasteiger partial charge in [0.25, 0.3) is 0 Å². The molecule has 3 aliphatic heterocycles.